The number of ether oxygens (including phenoxy) is 8. The SMILES string of the molecule is CC(C)(CCC(C)(C)OC(=O)Oc1ccc([N+](=O)[O-])cc1)OC(=O)Oc1ccc([N+](=O)[O-])cc1.CC(C)(CCC(C)(C)OC(=O)Oc1ccc([N+](=O)[O-])cc1)OC(=O)Oc1ccc([N+](=O)[O-])cc1. The van der Waals surface area contributed by atoms with Crippen molar-refractivity contribution < 1.29 is 76.8 Å². The van der Waals surface area contributed by atoms with Crippen molar-refractivity contribution in [2.24, 2.45) is 0 Å². The van der Waals surface area contributed by atoms with Crippen LogP contribution in [0.4, 0.5) is 41.9 Å². The second-order valence-electron chi connectivity index (χ2n) is 16.9. The summed E-state index contributed by atoms with van der Waals surface area (Å²) in [5, 5.41) is 42.7. The standard InChI is InChI=1S/2C22H24N2O10/c2*1-21(2,33-19(25)31-17-9-5-15(6-10-17)23(27)28)13-14-22(3,4)34-20(26)32-18-11-7-16(8-12-18)24(29)30/h2*5-12H,13-14H2,1-4H3. The molecule has 0 unspecified atom stereocenters. The highest BCUT2D eigenvalue weighted by Crippen LogP contribution is 2.29. The topological polar surface area (TPSA) is 315 Å². The van der Waals surface area contributed by atoms with E-state index < -0.39 is 66.7 Å². The van der Waals surface area contributed by atoms with Gasteiger partial charge in [0.15, 0.2) is 0 Å². The van der Waals surface area contributed by atoms with Gasteiger partial charge < -0.3 is 37.9 Å². The zero-order valence-electron chi connectivity index (χ0n) is 38.0. The van der Waals surface area contributed by atoms with Crippen molar-refractivity contribution in [2.45, 2.75) is 103 Å². The molecule has 4 rings (SSSR count). The second-order valence-corrected chi connectivity index (χ2v) is 16.9. The van der Waals surface area contributed by atoms with E-state index in [0.717, 1.165) is 0 Å². The Kier molecular flexibility index (Phi) is 18.3. The van der Waals surface area contributed by atoms with Crippen LogP contribution < -0.4 is 18.9 Å². The minimum atomic E-state index is -0.991. The molecule has 4 aromatic rings. The summed E-state index contributed by atoms with van der Waals surface area (Å²) in [6, 6.07) is 19.8. The van der Waals surface area contributed by atoms with Crippen LogP contribution in [0.25, 0.3) is 0 Å². The summed E-state index contributed by atoms with van der Waals surface area (Å²) < 4.78 is 41.5. The number of nitro benzene ring substituents is 4. The molecule has 0 spiro atoms. The lowest BCUT2D eigenvalue weighted by Crippen LogP contribution is -2.35. The Morgan fingerprint density at radius 2 is 0.485 bits per heavy atom. The summed E-state index contributed by atoms with van der Waals surface area (Å²) in [5.41, 5.74) is -4.51. The molecule has 0 heterocycles. The quantitative estimate of drug-likeness (QED) is 0.0294. The highest BCUT2D eigenvalue weighted by atomic mass is 16.8. The van der Waals surface area contributed by atoms with Gasteiger partial charge in [-0.25, -0.2) is 19.2 Å². The van der Waals surface area contributed by atoms with E-state index in [0.29, 0.717) is 25.7 Å². The fourth-order valence-electron chi connectivity index (χ4n) is 5.32. The molecule has 0 aliphatic heterocycles. The first-order valence-corrected chi connectivity index (χ1v) is 20.1. The molecular formula is C44H48N4O20. The van der Waals surface area contributed by atoms with Gasteiger partial charge in [-0.05, 0) is 130 Å². The van der Waals surface area contributed by atoms with Gasteiger partial charge in [-0.1, -0.05) is 0 Å². The molecule has 364 valence electrons. The van der Waals surface area contributed by atoms with E-state index in [1.807, 2.05) is 0 Å². The number of hydrogen-bond acceptors (Lipinski definition) is 20. The van der Waals surface area contributed by atoms with Crippen LogP contribution in [-0.4, -0.2) is 66.7 Å². The lowest BCUT2D eigenvalue weighted by atomic mass is 9.94. The smallest absolute Gasteiger partial charge is 0.428 e. The predicted octanol–water partition coefficient (Wildman–Crippen LogP) is 11.1. The van der Waals surface area contributed by atoms with Crippen LogP contribution >= 0.6 is 0 Å². The van der Waals surface area contributed by atoms with Gasteiger partial charge in [0.2, 0.25) is 0 Å². The fraction of sp³-hybridized carbons (Fsp3) is 0.364. The molecular weight excluding hydrogens is 904 g/mol. The first kappa shape index (κ1) is 53.9. The Bertz CT molecular complexity index is 2090. The van der Waals surface area contributed by atoms with E-state index in [4.69, 9.17) is 37.9 Å². The normalized spacial score (nSPS) is 11.3. The molecule has 0 N–H and O–H groups in total. The van der Waals surface area contributed by atoms with Crippen LogP contribution in [0.3, 0.4) is 0 Å². The Morgan fingerprint density at radius 3 is 0.618 bits per heavy atom. The maximum Gasteiger partial charge on any atom is 0.514 e. The highest BCUT2D eigenvalue weighted by molar-refractivity contribution is 5.66. The van der Waals surface area contributed by atoms with Crippen molar-refractivity contribution >= 4 is 47.4 Å². The van der Waals surface area contributed by atoms with Crippen LogP contribution in [-0.2, 0) is 18.9 Å². The summed E-state index contributed by atoms with van der Waals surface area (Å²) in [6.07, 6.45) is -2.80. The van der Waals surface area contributed by atoms with Crippen molar-refractivity contribution in [1.29, 1.82) is 0 Å². The van der Waals surface area contributed by atoms with Crippen LogP contribution in [0.15, 0.2) is 97.1 Å². The lowest BCUT2D eigenvalue weighted by molar-refractivity contribution is -0.385. The van der Waals surface area contributed by atoms with Crippen LogP contribution in [0.5, 0.6) is 23.0 Å². The first-order chi connectivity index (χ1) is 31.5. The highest BCUT2D eigenvalue weighted by Gasteiger charge is 2.33. The van der Waals surface area contributed by atoms with Gasteiger partial charge in [0, 0.05) is 48.5 Å². The van der Waals surface area contributed by atoms with Crippen LogP contribution in [0.2, 0.25) is 0 Å². The molecule has 0 aliphatic carbocycles. The van der Waals surface area contributed by atoms with Gasteiger partial charge in [-0.2, -0.15) is 0 Å². The summed E-state index contributed by atoms with van der Waals surface area (Å²) >= 11 is 0. The summed E-state index contributed by atoms with van der Waals surface area (Å²) in [7, 11) is 0. The number of rotatable bonds is 18. The third-order valence-electron chi connectivity index (χ3n) is 9.09. The van der Waals surface area contributed by atoms with Gasteiger partial charge in [-0.3, -0.25) is 40.5 Å². The third kappa shape index (κ3) is 19.3. The Balaban J connectivity index is 0.000000360. The van der Waals surface area contributed by atoms with Crippen molar-refractivity contribution in [2.75, 3.05) is 0 Å². The predicted molar refractivity (Wildman–Crippen MR) is 236 cm³/mol. The Morgan fingerprint density at radius 1 is 0.338 bits per heavy atom. The molecule has 0 bridgehead atoms. The number of hydrogen-bond donors (Lipinski definition) is 0. The molecule has 4 aromatic carbocycles. The molecule has 0 aliphatic rings. The Hall–Kier alpha value is -8.44. The summed E-state index contributed by atoms with van der Waals surface area (Å²) in [4.78, 5) is 88.8. The van der Waals surface area contributed by atoms with Crippen molar-refractivity contribution in [3.63, 3.8) is 0 Å². The average molecular weight is 953 g/mol. The van der Waals surface area contributed by atoms with Crippen molar-refractivity contribution in [1.82, 2.24) is 0 Å². The fourth-order valence-corrected chi connectivity index (χ4v) is 5.32. The summed E-state index contributed by atoms with van der Waals surface area (Å²) in [6.45, 7) is 13.2. The number of benzene rings is 4. The van der Waals surface area contributed by atoms with Crippen LogP contribution in [0.1, 0.15) is 81.1 Å². The van der Waals surface area contributed by atoms with E-state index in [1.165, 1.54) is 97.1 Å². The number of carbonyl (C=O) groups excluding carboxylic acids is 4. The number of non-ortho nitro benzene ring substituents is 4. The van der Waals surface area contributed by atoms with E-state index in [2.05, 4.69) is 0 Å². The monoisotopic (exact) mass is 952 g/mol. The zero-order chi connectivity index (χ0) is 51.0. The van der Waals surface area contributed by atoms with Crippen LogP contribution in [0, 0.1) is 40.5 Å². The average Bonchev–Trinajstić information content (AvgIpc) is 3.22. The number of nitro groups is 4. The Labute approximate surface area is 387 Å². The van der Waals surface area contributed by atoms with E-state index in [9.17, 15) is 59.6 Å². The second kappa shape index (κ2) is 23.1. The first-order valence-electron chi connectivity index (χ1n) is 20.1. The van der Waals surface area contributed by atoms with E-state index in [1.54, 1.807) is 55.4 Å². The molecule has 0 saturated carbocycles. The number of carbonyl (C=O) groups is 4. The molecule has 0 amide bonds. The van der Waals surface area contributed by atoms with Crippen molar-refractivity contribution in [3.8, 4) is 23.0 Å². The lowest BCUT2D eigenvalue weighted by Gasteiger charge is -2.30. The van der Waals surface area contributed by atoms with Gasteiger partial charge in [-0.15, -0.1) is 0 Å². The van der Waals surface area contributed by atoms with Gasteiger partial charge in [0.1, 0.15) is 45.4 Å². The van der Waals surface area contributed by atoms with Crippen molar-refractivity contribution in [3.05, 3.63) is 138 Å². The van der Waals surface area contributed by atoms with E-state index in [-0.39, 0.29) is 45.7 Å². The maximum absolute atomic E-state index is 12.1. The molecule has 0 fully saturated rings. The molecule has 0 saturated heterocycles. The van der Waals surface area contributed by atoms with Gasteiger partial charge in [0.25, 0.3) is 22.7 Å². The zero-order valence-corrected chi connectivity index (χ0v) is 38.0. The molecule has 24 heteroatoms. The molecule has 0 radical (unpaired) electrons. The minimum Gasteiger partial charge on any atom is -0.428 e. The maximum atomic E-state index is 12.1. The van der Waals surface area contributed by atoms with E-state index >= 15 is 0 Å². The molecule has 68 heavy (non-hydrogen) atoms. The molecule has 0 aromatic heterocycles. The molecule has 0 atom stereocenters. The third-order valence-corrected chi connectivity index (χ3v) is 9.09. The van der Waals surface area contributed by atoms with Gasteiger partial charge >= 0.3 is 24.6 Å². The summed E-state index contributed by atoms with van der Waals surface area (Å²) in [5.74, 6) is 0.348. The number of nitrogens with zero attached hydrogens (tertiary/aromatic N) is 4. The largest absolute Gasteiger partial charge is 0.514 e. The molecule has 24 nitrogen and oxygen atoms in total. The van der Waals surface area contributed by atoms with Gasteiger partial charge in [0.05, 0.1) is 19.7 Å². The minimum absolute atomic E-state index is 0.0871.